The second-order valence-corrected chi connectivity index (χ2v) is 7.95. The summed E-state index contributed by atoms with van der Waals surface area (Å²) in [5.74, 6) is 0.451. The Kier molecular flexibility index (Phi) is 5.20. The molecule has 6 heteroatoms. The number of piperazine rings is 1. The predicted molar refractivity (Wildman–Crippen MR) is 98.7 cm³/mol. The van der Waals surface area contributed by atoms with Crippen molar-refractivity contribution in [3.8, 4) is 0 Å². The molecule has 0 unspecified atom stereocenters. The molecule has 2 aliphatic heterocycles. The Morgan fingerprint density at radius 2 is 1.80 bits per heavy atom. The number of nitrogens with zero attached hydrogens (tertiary/aromatic N) is 3. The molecule has 2 saturated heterocycles. The number of thiophene rings is 1. The van der Waals surface area contributed by atoms with E-state index in [0.29, 0.717) is 5.76 Å². The van der Waals surface area contributed by atoms with Gasteiger partial charge in [0.2, 0.25) is 0 Å². The minimum Gasteiger partial charge on any atom is -0.459 e. The van der Waals surface area contributed by atoms with E-state index in [9.17, 15) is 4.79 Å². The monoisotopic (exact) mass is 359 g/mol. The average Bonchev–Trinajstić information content (AvgIpc) is 3.38. The Morgan fingerprint density at radius 3 is 2.52 bits per heavy atom. The van der Waals surface area contributed by atoms with Gasteiger partial charge >= 0.3 is 0 Å². The summed E-state index contributed by atoms with van der Waals surface area (Å²) in [5, 5.41) is 2.31. The molecule has 5 nitrogen and oxygen atoms in total. The maximum Gasteiger partial charge on any atom is 0.289 e. The standard InChI is InChI=1S/C19H25N3O2S/c23-19(18-4-3-11-24-18)22-9-7-21(8-10-22)14-17-12-16(15-25-17)13-20-5-1-2-6-20/h3-4,11-12,15H,1-2,5-10,13-14H2. The maximum atomic E-state index is 12.3. The molecule has 4 heterocycles. The molecule has 0 N–H and O–H groups in total. The Bertz CT molecular complexity index is 683. The van der Waals surface area contributed by atoms with E-state index >= 15 is 0 Å². The molecule has 0 aromatic carbocycles. The Hall–Kier alpha value is -1.63. The second kappa shape index (κ2) is 7.72. The molecule has 25 heavy (non-hydrogen) atoms. The molecule has 4 rings (SSSR count). The fourth-order valence-electron chi connectivity index (χ4n) is 3.68. The van der Waals surface area contributed by atoms with Gasteiger partial charge < -0.3 is 9.32 Å². The van der Waals surface area contributed by atoms with E-state index in [1.807, 2.05) is 16.2 Å². The van der Waals surface area contributed by atoms with Crippen LogP contribution in [0.2, 0.25) is 0 Å². The van der Waals surface area contributed by atoms with Crippen molar-refractivity contribution in [2.24, 2.45) is 0 Å². The zero-order chi connectivity index (χ0) is 17.1. The number of amides is 1. The summed E-state index contributed by atoms with van der Waals surface area (Å²) in [5.41, 5.74) is 1.45. The Morgan fingerprint density at radius 1 is 1.04 bits per heavy atom. The Balaban J connectivity index is 1.26. The van der Waals surface area contributed by atoms with Crippen molar-refractivity contribution in [3.05, 3.63) is 46.0 Å². The third kappa shape index (κ3) is 4.14. The molecule has 2 fully saturated rings. The predicted octanol–water partition coefficient (Wildman–Crippen LogP) is 2.89. The van der Waals surface area contributed by atoms with E-state index in [2.05, 4.69) is 21.2 Å². The van der Waals surface area contributed by atoms with Gasteiger partial charge in [0.05, 0.1) is 6.26 Å². The molecule has 2 aromatic heterocycles. The second-order valence-electron chi connectivity index (χ2n) is 6.95. The van der Waals surface area contributed by atoms with Crippen molar-refractivity contribution in [1.82, 2.24) is 14.7 Å². The minimum atomic E-state index is 0.00803. The maximum absolute atomic E-state index is 12.3. The topological polar surface area (TPSA) is 39.9 Å². The number of likely N-dealkylation sites (tertiary alicyclic amines) is 1. The number of hydrogen-bond acceptors (Lipinski definition) is 5. The number of carbonyl (C=O) groups is 1. The van der Waals surface area contributed by atoms with Crippen molar-refractivity contribution in [2.45, 2.75) is 25.9 Å². The largest absolute Gasteiger partial charge is 0.459 e. The van der Waals surface area contributed by atoms with E-state index < -0.39 is 0 Å². The average molecular weight is 359 g/mol. The van der Waals surface area contributed by atoms with Gasteiger partial charge in [-0.3, -0.25) is 14.6 Å². The Labute approximate surface area is 152 Å². The summed E-state index contributed by atoms with van der Waals surface area (Å²) < 4.78 is 5.22. The van der Waals surface area contributed by atoms with Crippen LogP contribution >= 0.6 is 11.3 Å². The molecule has 134 valence electrons. The van der Waals surface area contributed by atoms with Gasteiger partial charge in [0.1, 0.15) is 0 Å². The van der Waals surface area contributed by atoms with Gasteiger partial charge in [-0.25, -0.2) is 0 Å². The molecule has 0 atom stereocenters. The van der Waals surface area contributed by atoms with Gasteiger partial charge in [0, 0.05) is 44.1 Å². The van der Waals surface area contributed by atoms with Crippen LogP contribution in [-0.4, -0.2) is 59.9 Å². The van der Waals surface area contributed by atoms with E-state index in [1.54, 1.807) is 18.4 Å². The summed E-state index contributed by atoms with van der Waals surface area (Å²) in [7, 11) is 0. The van der Waals surface area contributed by atoms with Gasteiger partial charge in [-0.2, -0.15) is 0 Å². The number of hydrogen-bond donors (Lipinski definition) is 0. The molecule has 0 bridgehead atoms. The molecule has 0 aliphatic carbocycles. The first-order valence-electron chi connectivity index (χ1n) is 9.12. The molecule has 0 radical (unpaired) electrons. The van der Waals surface area contributed by atoms with Crippen LogP contribution in [0.4, 0.5) is 0 Å². The van der Waals surface area contributed by atoms with Crippen LogP contribution in [0.1, 0.15) is 33.8 Å². The number of carbonyl (C=O) groups excluding carboxylic acids is 1. The smallest absolute Gasteiger partial charge is 0.289 e. The summed E-state index contributed by atoms with van der Waals surface area (Å²) in [6.45, 7) is 7.97. The van der Waals surface area contributed by atoms with Gasteiger partial charge in [0.25, 0.3) is 5.91 Å². The van der Waals surface area contributed by atoms with Crippen LogP contribution < -0.4 is 0 Å². The van der Waals surface area contributed by atoms with E-state index in [4.69, 9.17) is 4.42 Å². The van der Waals surface area contributed by atoms with Crippen molar-refractivity contribution in [2.75, 3.05) is 39.3 Å². The van der Waals surface area contributed by atoms with Gasteiger partial charge in [0.15, 0.2) is 5.76 Å². The summed E-state index contributed by atoms with van der Waals surface area (Å²) >= 11 is 1.87. The van der Waals surface area contributed by atoms with E-state index in [0.717, 1.165) is 39.3 Å². The normalized spacial score (nSPS) is 19.6. The summed E-state index contributed by atoms with van der Waals surface area (Å²) in [6.07, 6.45) is 4.25. The zero-order valence-electron chi connectivity index (χ0n) is 14.5. The molecular weight excluding hydrogens is 334 g/mol. The van der Waals surface area contributed by atoms with Crippen LogP contribution in [0.5, 0.6) is 0 Å². The van der Waals surface area contributed by atoms with Crippen molar-refractivity contribution < 1.29 is 9.21 Å². The van der Waals surface area contributed by atoms with E-state index in [1.165, 1.54) is 36.4 Å². The van der Waals surface area contributed by atoms with Crippen LogP contribution in [-0.2, 0) is 13.1 Å². The highest BCUT2D eigenvalue weighted by atomic mass is 32.1. The van der Waals surface area contributed by atoms with Gasteiger partial charge in [-0.05, 0) is 55.1 Å². The first kappa shape index (κ1) is 16.8. The van der Waals surface area contributed by atoms with Crippen molar-refractivity contribution >= 4 is 17.2 Å². The van der Waals surface area contributed by atoms with Gasteiger partial charge in [-0.15, -0.1) is 11.3 Å². The first-order chi connectivity index (χ1) is 12.3. The van der Waals surface area contributed by atoms with Crippen molar-refractivity contribution in [3.63, 3.8) is 0 Å². The molecule has 1 amide bonds. The van der Waals surface area contributed by atoms with Crippen LogP contribution in [0.15, 0.2) is 34.3 Å². The summed E-state index contributed by atoms with van der Waals surface area (Å²) in [4.78, 5) is 20.6. The molecule has 2 aliphatic rings. The highest BCUT2D eigenvalue weighted by Crippen LogP contribution is 2.21. The first-order valence-corrected chi connectivity index (χ1v) is 10.00. The third-order valence-electron chi connectivity index (χ3n) is 5.08. The number of furan rings is 1. The lowest BCUT2D eigenvalue weighted by atomic mass is 10.2. The number of rotatable bonds is 5. The summed E-state index contributed by atoms with van der Waals surface area (Å²) in [6, 6.07) is 5.87. The lowest BCUT2D eigenvalue weighted by molar-refractivity contribution is 0.0599. The van der Waals surface area contributed by atoms with Gasteiger partial charge in [-0.1, -0.05) is 0 Å². The van der Waals surface area contributed by atoms with E-state index in [-0.39, 0.29) is 5.91 Å². The zero-order valence-corrected chi connectivity index (χ0v) is 15.3. The molecule has 2 aromatic rings. The molecule has 0 spiro atoms. The van der Waals surface area contributed by atoms with Crippen LogP contribution in [0.25, 0.3) is 0 Å². The van der Waals surface area contributed by atoms with Crippen molar-refractivity contribution in [1.29, 1.82) is 0 Å². The highest BCUT2D eigenvalue weighted by molar-refractivity contribution is 7.10. The van der Waals surface area contributed by atoms with Crippen LogP contribution in [0.3, 0.4) is 0 Å². The minimum absolute atomic E-state index is 0.00803. The molecular formula is C19H25N3O2S. The SMILES string of the molecule is O=C(c1ccco1)N1CCN(Cc2cc(CN3CCCC3)cs2)CC1. The lowest BCUT2D eigenvalue weighted by Gasteiger charge is -2.34. The molecule has 0 saturated carbocycles. The fraction of sp³-hybridized carbons (Fsp3) is 0.526. The van der Waals surface area contributed by atoms with Crippen LogP contribution in [0, 0.1) is 0 Å². The highest BCUT2D eigenvalue weighted by Gasteiger charge is 2.24. The fourth-order valence-corrected chi connectivity index (χ4v) is 4.60. The quantitative estimate of drug-likeness (QED) is 0.823. The lowest BCUT2D eigenvalue weighted by Crippen LogP contribution is -2.48. The third-order valence-corrected chi connectivity index (χ3v) is 6.05.